The third-order valence-electron chi connectivity index (χ3n) is 2.10. The zero-order chi connectivity index (χ0) is 9.97. The van der Waals surface area contributed by atoms with E-state index in [-0.39, 0.29) is 0 Å². The average molecular weight is 191 g/mol. The minimum atomic E-state index is -0.965. The van der Waals surface area contributed by atoms with E-state index in [4.69, 9.17) is 9.84 Å². The van der Waals surface area contributed by atoms with Gasteiger partial charge in [-0.15, -0.1) is 0 Å². The van der Waals surface area contributed by atoms with Crippen LogP contribution in [-0.4, -0.2) is 23.5 Å². The van der Waals surface area contributed by atoms with E-state index in [0.29, 0.717) is 0 Å². The van der Waals surface area contributed by atoms with Gasteiger partial charge in [-0.25, -0.2) is 9.79 Å². The highest BCUT2D eigenvalue weighted by Crippen LogP contribution is 2.26. The molecule has 0 radical (unpaired) electrons. The maximum Gasteiger partial charge on any atom is 0.332 e. The molecule has 2 rings (SSSR count). The topological polar surface area (TPSA) is 58.9 Å². The van der Waals surface area contributed by atoms with Gasteiger partial charge in [-0.1, -0.05) is 30.3 Å². The van der Waals surface area contributed by atoms with Crippen molar-refractivity contribution in [2.45, 2.75) is 12.1 Å². The second kappa shape index (κ2) is 3.49. The van der Waals surface area contributed by atoms with Crippen molar-refractivity contribution in [3.05, 3.63) is 35.9 Å². The summed E-state index contributed by atoms with van der Waals surface area (Å²) < 4.78 is 5.14. The third kappa shape index (κ3) is 1.46. The molecule has 72 valence electrons. The summed E-state index contributed by atoms with van der Waals surface area (Å²) in [6.07, 6.45) is 0.713. The van der Waals surface area contributed by atoms with E-state index >= 15 is 0 Å². The molecular weight excluding hydrogens is 182 g/mol. The lowest BCUT2D eigenvalue weighted by Gasteiger charge is -2.13. The molecule has 0 aliphatic carbocycles. The van der Waals surface area contributed by atoms with E-state index in [1.165, 1.54) is 6.40 Å². The fraction of sp³-hybridized carbons (Fsp3) is 0.200. The highest BCUT2D eigenvalue weighted by molar-refractivity contribution is 5.78. The molecule has 0 unspecified atom stereocenters. The van der Waals surface area contributed by atoms with Crippen molar-refractivity contribution in [2.24, 2.45) is 4.99 Å². The van der Waals surface area contributed by atoms with Crippen LogP contribution in [0.15, 0.2) is 35.3 Å². The molecule has 1 aromatic rings. The molecule has 0 saturated heterocycles. The van der Waals surface area contributed by atoms with Gasteiger partial charge in [0, 0.05) is 0 Å². The second-order valence-electron chi connectivity index (χ2n) is 3.00. The van der Waals surface area contributed by atoms with Crippen LogP contribution in [0, 0.1) is 0 Å². The number of aliphatic carboxylic acids is 1. The Morgan fingerprint density at radius 1 is 1.36 bits per heavy atom. The first-order valence-corrected chi connectivity index (χ1v) is 4.24. The van der Waals surface area contributed by atoms with Gasteiger partial charge in [-0.05, 0) is 5.56 Å². The number of ether oxygens (including phenoxy) is 1. The Kier molecular flexibility index (Phi) is 2.18. The number of carboxylic acid groups (broad SMARTS) is 1. The molecule has 0 saturated carbocycles. The molecule has 0 bridgehead atoms. The van der Waals surface area contributed by atoms with Gasteiger partial charge in [0.15, 0.2) is 18.5 Å². The first-order chi connectivity index (χ1) is 6.79. The van der Waals surface area contributed by atoms with E-state index in [2.05, 4.69) is 4.99 Å². The van der Waals surface area contributed by atoms with Crippen LogP contribution in [-0.2, 0) is 9.53 Å². The summed E-state index contributed by atoms with van der Waals surface area (Å²) in [5, 5.41) is 8.85. The first kappa shape index (κ1) is 8.74. The summed E-state index contributed by atoms with van der Waals surface area (Å²) in [5.74, 6) is -0.965. The lowest BCUT2D eigenvalue weighted by atomic mass is 10.0. The zero-order valence-corrected chi connectivity index (χ0v) is 7.33. The van der Waals surface area contributed by atoms with Crippen LogP contribution in [0.25, 0.3) is 0 Å². The second-order valence-corrected chi connectivity index (χ2v) is 3.00. The zero-order valence-electron chi connectivity index (χ0n) is 7.33. The predicted octanol–water partition coefficient (Wildman–Crippen LogP) is 1.24. The Bertz CT molecular complexity index is 361. The fourth-order valence-corrected chi connectivity index (χ4v) is 1.42. The molecule has 0 amide bonds. The van der Waals surface area contributed by atoms with Crippen molar-refractivity contribution < 1.29 is 14.6 Å². The summed E-state index contributed by atoms with van der Waals surface area (Å²) in [6, 6.07) is 8.39. The van der Waals surface area contributed by atoms with Crippen molar-refractivity contribution in [1.82, 2.24) is 0 Å². The van der Waals surface area contributed by atoms with Gasteiger partial charge < -0.3 is 9.84 Å². The Morgan fingerprint density at radius 2 is 2.07 bits per heavy atom. The standard InChI is InChI=1S/C10H9NO3/c12-10(13)8-9(14-6-11-8)7-4-2-1-3-5-7/h1-6,8-9H,(H,12,13)/t8-,9+/m0/s1. The molecule has 1 aliphatic heterocycles. The van der Waals surface area contributed by atoms with Gasteiger partial charge in [0.2, 0.25) is 0 Å². The molecule has 14 heavy (non-hydrogen) atoms. The molecule has 1 aromatic carbocycles. The van der Waals surface area contributed by atoms with Crippen molar-refractivity contribution in [3.8, 4) is 0 Å². The Labute approximate surface area is 80.8 Å². The number of carbonyl (C=O) groups is 1. The van der Waals surface area contributed by atoms with Crippen LogP contribution in [0.5, 0.6) is 0 Å². The van der Waals surface area contributed by atoms with Crippen molar-refractivity contribution in [2.75, 3.05) is 0 Å². The Morgan fingerprint density at radius 3 is 2.71 bits per heavy atom. The summed E-state index contributed by atoms with van der Waals surface area (Å²) in [7, 11) is 0. The number of nitrogens with zero attached hydrogens (tertiary/aromatic N) is 1. The first-order valence-electron chi connectivity index (χ1n) is 4.24. The largest absolute Gasteiger partial charge is 0.480 e. The van der Waals surface area contributed by atoms with Gasteiger partial charge in [-0.3, -0.25) is 0 Å². The molecule has 2 atom stereocenters. The highest BCUT2D eigenvalue weighted by atomic mass is 16.5. The Balaban J connectivity index is 2.24. The van der Waals surface area contributed by atoms with E-state index in [1.807, 2.05) is 30.3 Å². The number of carboxylic acids is 1. The van der Waals surface area contributed by atoms with E-state index in [0.717, 1.165) is 5.56 Å². The van der Waals surface area contributed by atoms with Gasteiger partial charge >= 0.3 is 5.97 Å². The molecule has 0 aromatic heterocycles. The van der Waals surface area contributed by atoms with Crippen LogP contribution < -0.4 is 0 Å². The minimum absolute atomic E-state index is 0.492. The Hall–Kier alpha value is -1.84. The maximum absolute atomic E-state index is 10.8. The third-order valence-corrected chi connectivity index (χ3v) is 2.10. The summed E-state index contributed by atoms with van der Waals surface area (Å²) in [4.78, 5) is 14.5. The lowest BCUT2D eigenvalue weighted by molar-refractivity contribution is -0.140. The van der Waals surface area contributed by atoms with Crippen LogP contribution in [0.2, 0.25) is 0 Å². The van der Waals surface area contributed by atoms with Crippen LogP contribution in [0.1, 0.15) is 11.7 Å². The van der Waals surface area contributed by atoms with Crippen LogP contribution in [0.4, 0.5) is 0 Å². The molecule has 1 N–H and O–H groups in total. The monoisotopic (exact) mass is 191 g/mol. The smallest absolute Gasteiger partial charge is 0.332 e. The molecule has 4 heteroatoms. The molecule has 4 nitrogen and oxygen atoms in total. The van der Waals surface area contributed by atoms with E-state index in [9.17, 15) is 4.79 Å². The van der Waals surface area contributed by atoms with Crippen molar-refractivity contribution in [1.29, 1.82) is 0 Å². The van der Waals surface area contributed by atoms with Crippen LogP contribution in [0.3, 0.4) is 0 Å². The summed E-state index contributed by atoms with van der Waals surface area (Å²) in [6.45, 7) is 0. The van der Waals surface area contributed by atoms with Gasteiger partial charge in [0.05, 0.1) is 0 Å². The number of hydrogen-bond donors (Lipinski definition) is 1. The maximum atomic E-state index is 10.8. The number of hydrogen-bond acceptors (Lipinski definition) is 3. The van der Waals surface area contributed by atoms with Crippen LogP contribution >= 0.6 is 0 Å². The van der Waals surface area contributed by atoms with Gasteiger partial charge in [-0.2, -0.15) is 0 Å². The van der Waals surface area contributed by atoms with E-state index in [1.54, 1.807) is 0 Å². The molecule has 1 aliphatic rings. The predicted molar refractivity (Wildman–Crippen MR) is 50.2 cm³/mol. The summed E-state index contributed by atoms with van der Waals surface area (Å²) >= 11 is 0. The number of aliphatic imine (C=N–C) groups is 1. The molecule has 0 fully saturated rings. The summed E-state index contributed by atoms with van der Waals surface area (Å²) in [5.41, 5.74) is 0.831. The van der Waals surface area contributed by atoms with Crippen molar-refractivity contribution in [3.63, 3.8) is 0 Å². The quantitative estimate of drug-likeness (QED) is 0.765. The van der Waals surface area contributed by atoms with E-state index < -0.39 is 18.1 Å². The SMILES string of the molecule is O=C(O)[C@H]1N=CO[C@@H]1c1ccccc1. The van der Waals surface area contributed by atoms with Gasteiger partial charge in [0.1, 0.15) is 0 Å². The molecule has 1 heterocycles. The number of benzene rings is 1. The lowest BCUT2D eigenvalue weighted by Crippen LogP contribution is -2.23. The minimum Gasteiger partial charge on any atom is -0.480 e. The highest BCUT2D eigenvalue weighted by Gasteiger charge is 2.33. The average Bonchev–Trinajstić information content (AvgIpc) is 2.67. The van der Waals surface area contributed by atoms with Gasteiger partial charge in [0.25, 0.3) is 0 Å². The van der Waals surface area contributed by atoms with Crippen molar-refractivity contribution >= 4 is 12.4 Å². The molecule has 0 spiro atoms. The number of rotatable bonds is 2. The normalized spacial score (nSPS) is 24.6. The fourth-order valence-electron chi connectivity index (χ4n) is 1.42. The molecular formula is C10H9NO3.